The van der Waals surface area contributed by atoms with Gasteiger partial charge in [-0.1, -0.05) is 36.4 Å². The molecule has 4 aromatic rings. The Kier molecular flexibility index (Phi) is 15.9. The van der Waals surface area contributed by atoms with Gasteiger partial charge in [-0.3, -0.25) is 19.6 Å². The SMILES string of the molecule is C[C@](O)(c1ccc(C(=O)N(C2CC2)C2CCC(CCO)(c3ccccn3)CC2)cc1)C(F)(F)F.C[C@](O)(c1ccc(C(=O)N(C2CC2)C2CCC(CCOC(N)=O)(c3ccccn3)CC2)cc1)C(F)(F)F. The lowest BCUT2D eigenvalue weighted by molar-refractivity contribution is -0.259. The maximum Gasteiger partial charge on any atom is 0.421 e. The van der Waals surface area contributed by atoms with Crippen molar-refractivity contribution in [1.29, 1.82) is 0 Å². The fraction of sp³-hybridized carbons (Fsp3) is 0.528. The van der Waals surface area contributed by atoms with Crippen molar-refractivity contribution < 1.29 is 60.8 Å². The number of amides is 3. The van der Waals surface area contributed by atoms with Crippen molar-refractivity contribution in [2.24, 2.45) is 5.73 Å². The van der Waals surface area contributed by atoms with Gasteiger partial charge in [0.25, 0.3) is 11.8 Å². The maximum atomic E-state index is 13.5. The molecule has 4 aliphatic rings. The number of nitrogens with zero attached hydrogens (tertiary/aromatic N) is 4. The van der Waals surface area contributed by atoms with Gasteiger partial charge in [-0.15, -0.1) is 0 Å². The second kappa shape index (κ2) is 21.2. The van der Waals surface area contributed by atoms with Crippen LogP contribution in [0.5, 0.6) is 0 Å². The highest BCUT2D eigenvalue weighted by atomic mass is 19.4. The number of aliphatic hydroxyl groups is 3. The van der Waals surface area contributed by atoms with E-state index < -0.39 is 29.6 Å². The fourth-order valence-electron chi connectivity index (χ4n) is 10.5. The van der Waals surface area contributed by atoms with Crippen LogP contribution < -0.4 is 5.73 Å². The van der Waals surface area contributed by atoms with Gasteiger partial charge in [0.15, 0.2) is 11.2 Å². The molecule has 2 atom stereocenters. The summed E-state index contributed by atoms with van der Waals surface area (Å²) < 4.78 is 84.1. The molecule has 5 N–H and O–H groups in total. The molecule has 4 aliphatic carbocycles. The minimum absolute atomic E-state index is 0.0214. The zero-order valence-corrected chi connectivity index (χ0v) is 40.0. The van der Waals surface area contributed by atoms with E-state index in [1.54, 1.807) is 12.4 Å². The van der Waals surface area contributed by atoms with E-state index in [1.807, 2.05) is 46.2 Å². The molecule has 0 spiro atoms. The molecular weight excluding hydrogens is 933 g/mol. The van der Waals surface area contributed by atoms with E-state index >= 15 is 0 Å². The second-order valence-corrected chi connectivity index (χ2v) is 20.0. The predicted molar refractivity (Wildman–Crippen MR) is 251 cm³/mol. The number of hydrogen-bond donors (Lipinski definition) is 4. The number of nitrogens with two attached hydrogens (primary N) is 1. The van der Waals surface area contributed by atoms with Gasteiger partial charge in [-0.2, -0.15) is 26.3 Å². The smallest absolute Gasteiger partial charge is 0.421 e. The molecule has 0 unspecified atom stereocenters. The number of alkyl halides is 6. The van der Waals surface area contributed by atoms with Crippen molar-refractivity contribution in [2.45, 2.75) is 162 Å². The first kappa shape index (κ1) is 53.2. The molecule has 0 bridgehead atoms. The van der Waals surface area contributed by atoms with Gasteiger partial charge >= 0.3 is 18.4 Å². The van der Waals surface area contributed by atoms with Crippen molar-refractivity contribution >= 4 is 17.9 Å². The van der Waals surface area contributed by atoms with Gasteiger partial charge < -0.3 is 35.6 Å². The average Bonchev–Trinajstić information content (AvgIpc) is 4.30. The zero-order valence-electron chi connectivity index (χ0n) is 40.0. The Balaban J connectivity index is 0.000000209. The minimum atomic E-state index is -4.83. The van der Waals surface area contributed by atoms with Crippen LogP contribution >= 0.6 is 0 Å². The molecule has 4 fully saturated rings. The summed E-state index contributed by atoms with van der Waals surface area (Å²) in [6.07, 6.45) is 3.92. The molecule has 3 amide bonds. The third-order valence-corrected chi connectivity index (χ3v) is 15.3. The molecule has 18 heteroatoms. The van der Waals surface area contributed by atoms with Crippen LogP contribution in [0.4, 0.5) is 31.1 Å². The molecule has 384 valence electrons. The van der Waals surface area contributed by atoms with E-state index in [1.165, 1.54) is 36.4 Å². The molecule has 12 nitrogen and oxygen atoms in total. The monoisotopic (exact) mass is 995 g/mol. The summed E-state index contributed by atoms with van der Waals surface area (Å²) in [5, 5.41) is 29.5. The van der Waals surface area contributed by atoms with Gasteiger partial charge in [-0.25, -0.2) is 4.79 Å². The van der Waals surface area contributed by atoms with E-state index in [4.69, 9.17) is 10.5 Å². The number of aromatic nitrogens is 2. The van der Waals surface area contributed by atoms with Gasteiger partial charge in [0.1, 0.15) is 0 Å². The Bertz CT molecular complexity index is 2410. The Morgan fingerprint density at radius 1 is 0.592 bits per heavy atom. The number of halogens is 6. The van der Waals surface area contributed by atoms with E-state index in [-0.39, 0.29) is 71.2 Å². The first-order chi connectivity index (χ1) is 33.5. The van der Waals surface area contributed by atoms with Crippen LogP contribution in [0.25, 0.3) is 0 Å². The third kappa shape index (κ3) is 11.9. The van der Waals surface area contributed by atoms with Gasteiger partial charge in [-0.05, 0) is 163 Å². The Morgan fingerprint density at radius 3 is 1.24 bits per heavy atom. The first-order valence-corrected chi connectivity index (χ1v) is 24.3. The molecule has 0 saturated heterocycles. The normalized spacial score (nSPS) is 24.3. The van der Waals surface area contributed by atoms with Crippen LogP contribution in [0.3, 0.4) is 0 Å². The number of benzene rings is 2. The molecule has 2 aromatic carbocycles. The number of pyridine rings is 2. The Morgan fingerprint density at radius 2 is 0.944 bits per heavy atom. The van der Waals surface area contributed by atoms with Crippen LogP contribution in [-0.2, 0) is 26.8 Å². The van der Waals surface area contributed by atoms with Crippen LogP contribution in [0.15, 0.2) is 97.3 Å². The van der Waals surface area contributed by atoms with Crippen molar-refractivity contribution in [3.63, 3.8) is 0 Å². The lowest BCUT2D eigenvalue weighted by Crippen LogP contribution is -2.47. The predicted octanol–water partition coefficient (Wildman–Crippen LogP) is 9.54. The highest BCUT2D eigenvalue weighted by Gasteiger charge is 2.53. The summed E-state index contributed by atoms with van der Waals surface area (Å²) in [4.78, 5) is 51.0. The fourth-order valence-corrected chi connectivity index (χ4v) is 10.5. The number of aliphatic hydroxyl groups excluding tert-OH is 1. The first-order valence-electron chi connectivity index (χ1n) is 24.3. The molecule has 4 saturated carbocycles. The van der Waals surface area contributed by atoms with Crippen LogP contribution in [-0.4, -0.2) is 103 Å². The number of primary amides is 1. The highest BCUT2D eigenvalue weighted by molar-refractivity contribution is 5.95. The summed E-state index contributed by atoms with van der Waals surface area (Å²) in [6, 6.07) is 22.0. The zero-order chi connectivity index (χ0) is 51.4. The topological polar surface area (TPSA) is 179 Å². The summed E-state index contributed by atoms with van der Waals surface area (Å²) in [6.45, 7) is 1.66. The lowest BCUT2D eigenvalue weighted by atomic mass is 9.68. The van der Waals surface area contributed by atoms with Crippen molar-refractivity contribution in [2.75, 3.05) is 13.2 Å². The molecule has 71 heavy (non-hydrogen) atoms. The third-order valence-electron chi connectivity index (χ3n) is 15.3. The molecule has 2 heterocycles. The molecule has 0 aliphatic heterocycles. The van der Waals surface area contributed by atoms with Crippen molar-refractivity contribution in [1.82, 2.24) is 19.8 Å². The standard InChI is InChI=1S/C27H32F3N3O4.C26H31F3N2O3/c1-25(36,27(28,29)30)19-7-5-18(6-8-19)23(34)33(20-9-10-20)21-11-13-26(14-12-21,15-17-37-24(31)35)22-4-2-3-16-32-22;1-24(34,26(27,28)29)19-7-5-18(6-8-19)23(33)31(20-9-10-20)21-11-13-25(14-12-21,15-17-32)22-4-2-3-16-30-22/h2-8,16,20-21,36H,9-15,17H2,1H3,(H2,31,35);2-8,16,20-21,32,34H,9-15,17H2,1H3/t21?,25-,26?;21?,24-,25?/m00/s1. The molecule has 8 rings (SSSR count). The molecular formula is C53H63F6N5O7. The van der Waals surface area contributed by atoms with E-state index in [9.17, 15) is 56.0 Å². The van der Waals surface area contributed by atoms with Gasteiger partial charge in [0.2, 0.25) is 0 Å². The number of ether oxygens (including phenoxy) is 1. The summed E-state index contributed by atoms with van der Waals surface area (Å²) in [7, 11) is 0. The largest absolute Gasteiger partial charge is 0.450 e. The quantitative estimate of drug-likeness (QED) is 0.0845. The molecule has 0 radical (unpaired) electrons. The number of carbonyl (C=O) groups excluding carboxylic acids is 3. The summed E-state index contributed by atoms with van der Waals surface area (Å²) >= 11 is 0. The average molecular weight is 996 g/mol. The van der Waals surface area contributed by atoms with Gasteiger partial charge in [0.05, 0.1) is 6.61 Å². The maximum absolute atomic E-state index is 13.5. The van der Waals surface area contributed by atoms with Gasteiger partial charge in [0, 0.05) is 76.5 Å². The van der Waals surface area contributed by atoms with Crippen LogP contribution in [0, 0.1) is 0 Å². The van der Waals surface area contributed by atoms with Crippen molar-refractivity contribution in [3.05, 3.63) is 131 Å². The van der Waals surface area contributed by atoms with E-state index in [0.29, 0.717) is 37.8 Å². The molecule has 2 aromatic heterocycles. The lowest BCUT2D eigenvalue weighted by Gasteiger charge is -2.43. The van der Waals surface area contributed by atoms with E-state index in [2.05, 4.69) is 9.97 Å². The number of carbonyl (C=O) groups is 3. The van der Waals surface area contributed by atoms with Crippen molar-refractivity contribution in [3.8, 4) is 0 Å². The summed E-state index contributed by atoms with van der Waals surface area (Å²) in [5.74, 6) is -0.397. The van der Waals surface area contributed by atoms with Crippen LogP contribution in [0.2, 0.25) is 0 Å². The summed E-state index contributed by atoms with van der Waals surface area (Å²) in [5.41, 5.74) is 0.545. The Labute approximate surface area is 409 Å². The number of hydrogen-bond acceptors (Lipinski definition) is 9. The minimum Gasteiger partial charge on any atom is -0.450 e. The number of rotatable bonds is 15. The van der Waals surface area contributed by atoms with E-state index in [0.717, 1.165) is 101 Å². The van der Waals surface area contributed by atoms with Crippen LogP contribution in [0.1, 0.15) is 147 Å². The second-order valence-electron chi connectivity index (χ2n) is 20.0. The highest BCUT2D eigenvalue weighted by Crippen LogP contribution is 2.47. The Hall–Kier alpha value is -5.59.